The quantitative estimate of drug-likeness (QED) is 0.440. The SMILES string of the molecule is COC(=O)c1cn(C/C=C\CO)cn1.Cc1nc(C(=O)O)cn1C/C=C\CO. The van der Waals surface area contributed by atoms with Crippen molar-refractivity contribution in [2.75, 3.05) is 20.3 Å². The number of aliphatic hydroxyl groups is 2. The predicted molar refractivity (Wildman–Crippen MR) is 99.9 cm³/mol. The molecule has 0 amide bonds. The molecule has 0 saturated carbocycles. The van der Waals surface area contributed by atoms with Gasteiger partial charge in [0.15, 0.2) is 11.4 Å². The van der Waals surface area contributed by atoms with Crippen molar-refractivity contribution in [1.29, 1.82) is 0 Å². The van der Waals surface area contributed by atoms with Gasteiger partial charge in [0.05, 0.1) is 26.7 Å². The van der Waals surface area contributed by atoms with Crippen LogP contribution in [-0.4, -0.2) is 66.7 Å². The Morgan fingerprint density at radius 2 is 1.71 bits per heavy atom. The van der Waals surface area contributed by atoms with E-state index in [0.29, 0.717) is 18.9 Å². The topological polar surface area (TPSA) is 140 Å². The lowest BCUT2D eigenvalue weighted by molar-refractivity contribution is 0.0593. The Morgan fingerprint density at radius 3 is 2.25 bits per heavy atom. The summed E-state index contributed by atoms with van der Waals surface area (Å²) >= 11 is 0. The lowest BCUT2D eigenvalue weighted by Gasteiger charge is -1.97. The Kier molecular flexibility index (Phi) is 9.94. The van der Waals surface area contributed by atoms with Crippen LogP contribution in [0.25, 0.3) is 0 Å². The highest BCUT2D eigenvalue weighted by Crippen LogP contribution is 2.02. The number of carbonyl (C=O) groups excluding carboxylic acids is 1. The van der Waals surface area contributed by atoms with Crippen molar-refractivity contribution in [3.63, 3.8) is 0 Å². The van der Waals surface area contributed by atoms with Gasteiger partial charge in [0.1, 0.15) is 5.82 Å². The Balaban J connectivity index is 0.000000280. The first-order chi connectivity index (χ1) is 13.4. The fourth-order valence-electron chi connectivity index (χ4n) is 2.00. The molecule has 0 bridgehead atoms. The average molecular weight is 392 g/mol. The number of hydrogen-bond acceptors (Lipinski definition) is 7. The highest BCUT2D eigenvalue weighted by molar-refractivity contribution is 5.86. The number of esters is 1. The Bertz CT molecular complexity index is 822. The molecule has 0 atom stereocenters. The van der Waals surface area contributed by atoms with Gasteiger partial charge in [-0.2, -0.15) is 0 Å². The van der Waals surface area contributed by atoms with E-state index in [9.17, 15) is 9.59 Å². The molecular formula is C18H24N4O6. The number of hydrogen-bond donors (Lipinski definition) is 3. The number of imidazole rings is 2. The third-order valence-corrected chi connectivity index (χ3v) is 3.39. The number of nitrogens with zero attached hydrogens (tertiary/aromatic N) is 4. The van der Waals surface area contributed by atoms with Gasteiger partial charge in [-0.15, -0.1) is 0 Å². The van der Waals surface area contributed by atoms with Crippen LogP contribution in [-0.2, 0) is 17.8 Å². The van der Waals surface area contributed by atoms with Crippen LogP contribution >= 0.6 is 0 Å². The molecule has 0 aliphatic rings. The number of carbonyl (C=O) groups is 2. The zero-order valence-electron chi connectivity index (χ0n) is 15.7. The van der Waals surface area contributed by atoms with E-state index < -0.39 is 11.9 Å². The number of aliphatic hydroxyl groups excluding tert-OH is 2. The molecule has 2 rings (SSSR count). The molecule has 0 saturated heterocycles. The molecule has 0 aliphatic carbocycles. The summed E-state index contributed by atoms with van der Waals surface area (Å²) in [6.07, 6.45) is 11.3. The van der Waals surface area contributed by atoms with Crippen molar-refractivity contribution in [2.45, 2.75) is 20.0 Å². The van der Waals surface area contributed by atoms with Crippen LogP contribution in [0.3, 0.4) is 0 Å². The second-order valence-electron chi connectivity index (χ2n) is 5.39. The van der Waals surface area contributed by atoms with Gasteiger partial charge in [0, 0.05) is 25.5 Å². The molecular weight excluding hydrogens is 368 g/mol. The van der Waals surface area contributed by atoms with Crippen molar-refractivity contribution < 1.29 is 29.6 Å². The molecule has 152 valence electrons. The minimum Gasteiger partial charge on any atom is -0.476 e. The van der Waals surface area contributed by atoms with Gasteiger partial charge in [-0.1, -0.05) is 24.3 Å². The van der Waals surface area contributed by atoms with Crippen LogP contribution in [0.15, 0.2) is 43.0 Å². The normalized spacial score (nSPS) is 10.9. The molecule has 2 aromatic heterocycles. The maximum atomic E-state index is 11.0. The lowest BCUT2D eigenvalue weighted by atomic mass is 10.4. The number of aryl methyl sites for hydroxylation is 1. The largest absolute Gasteiger partial charge is 0.476 e. The third-order valence-electron chi connectivity index (χ3n) is 3.39. The number of aromatic nitrogens is 4. The third kappa shape index (κ3) is 7.56. The van der Waals surface area contributed by atoms with Crippen molar-refractivity contribution in [2.24, 2.45) is 0 Å². The van der Waals surface area contributed by atoms with Crippen LogP contribution in [0.2, 0.25) is 0 Å². The number of allylic oxidation sites excluding steroid dienone is 2. The first-order valence-electron chi connectivity index (χ1n) is 8.31. The van der Waals surface area contributed by atoms with Crippen LogP contribution in [0.5, 0.6) is 0 Å². The summed E-state index contributed by atoms with van der Waals surface area (Å²) in [5, 5.41) is 25.7. The minimum atomic E-state index is -1.03. The lowest BCUT2D eigenvalue weighted by Crippen LogP contribution is -2.01. The second-order valence-corrected chi connectivity index (χ2v) is 5.39. The number of rotatable bonds is 8. The maximum absolute atomic E-state index is 11.0. The number of carboxylic acids is 1. The van der Waals surface area contributed by atoms with Crippen LogP contribution in [0.1, 0.15) is 26.8 Å². The number of ether oxygens (including phenoxy) is 1. The van der Waals surface area contributed by atoms with E-state index >= 15 is 0 Å². The Hall–Kier alpha value is -3.24. The predicted octanol–water partition coefficient (Wildman–Crippen LogP) is 0.656. The van der Waals surface area contributed by atoms with Gasteiger partial charge in [-0.25, -0.2) is 19.6 Å². The maximum Gasteiger partial charge on any atom is 0.358 e. The first-order valence-corrected chi connectivity index (χ1v) is 8.31. The summed E-state index contributed by atoms with van der Waals surface area (Å²) in [6, 6.07) is 0. The Morgan fingerprint density at radius 1 is 1.07 bits per heavy atom. The molecule has 10 heteroatoms. The summed E-state index contributed by atoms with van der Waals surface area (Å²) in [7, 11) is 1.31. The summed E-state index contributed by atoms with van der Waals surface area (Å²) in [6.45, 7) is 2.83. The fourth-order valence-corrected chi connectivity index (χ4v) is 2.00. The summed E-state index contributed by atoms with van der Waals surface area (Å²) in [5.74, 6) is -0.835. The smallest absolute Gasteiger partial charge is 0.358 e. The molecule has 0 fully saturated rings. The highest BCUT2D eigenvalue weighted by atomic mass is 16.5. The molecule has 0 radical (unpaired) electrons. The van der Waals surface area contributed by atoms with Crippen molar-refractivity contribution >= 4 is 11.9 Å². The van der Waals surface area contributed by atoms with Gasteiger partial charge >= 0.3 is 11.9 Å². The van der Waals surface area contributed by atoms with Crippen LogP contribution in [0.4, 0.5) is 0 Å². The molecule has 28 heavy (non-hydrogen) atoms. The Labute approximate surface area is 162 Å². The number of aromatic carboxylic acids is 1. The molecule has 10 nitrogen and oxygen atoms in total. The standard InChI is InChI=1S/2C9H12N2O3/c1-14-9(13)8-6-11(7-10-8)4-2-3-5-12;1-7-10-8(9(13)14)6-11(7)4-2-3-5-12/h2-3,6-7,12H,4-5H2,1H3;2-3,6,12H,4-5H2,1H3,(H,13,14)/b2*3-2-. The zero-order chi connectivity index (χ0) is 20.9. The van der Waals surface area contributed by atoms with E-state index in [2.05, 4.69) is 14.7 Å². The van der Waals surface area contributed by atoms with Crippen LogP contribution < -0.4 is 0 Å². The molecule has 0 aromatic carbocycles. The molecule has 0 unspecified atom stereocenters. The highest BCUT2D eigenvalue weighted by Gasteiger charge is 2.09. The fraction of sp³-hybridized carbons (Fsp3) is 0.333. The summed E-state index contributed by atoms with van der Waals surface area (Å²) in [4.78, 5) is 29.3. The van der Waals surface area contributed by atoms with E-state index in [0.717, 1.165) is 0 Å². The molecule has 3 N–H and O–H groups in total. The van der Waals surface area contributed by atoms with E-state index in [1.54, 1.807) is 46.6 Å². The monoisotopic (exact) mass is 392 g/mol. The zero-order valence-corrected chi connectivity index (χ0v) is 15.7. The van der Waals surface area contributed by atoms with E-state index in [-0.39, 0.29) is 24.6 Å². The molecule has 0 aliphatic heterocycles. The molecule has 2 aromatic rings. The van der Waals surface area contributed by atoms with Gasteiger partial charge in [0.25, 0.3) is 0 Å². The van der Waals surface area contributed by atoms with E-state index in [4.69, 9.17) is 15.3 Å². The van der Waals surface area contributed by atoms with Gasteiger partial charge in [-0.3, -0.25) is 0 Å². The van der Waals surface area contributed by atoms with Gasteiger partial charge < -0.3 is 29.2 Å². The van der Waals surface area contributed by atoms with Crippen molar-refractivity contribution in [3.8, 4) is 0 Å². The van der Waals surface area contributed by atoms with Crippen molar-refractivity contribution in [3.05, 3.63) is 60.2 Å². The van der Waals surface area contributed by atoms with Crippen LogP contribution in [0, 0.1) is 6.92 Å². The molecule has 0 spiro atoms. The summed E-state index contributed by atoms with van der Waals surface area (Å²) < 4.78 is 7.93. The number of carboxylic acid groups (broad SMARTS) is 1. The molecule has 2 heterocycles. The van der Waals surface area contributed by atoms with Gasteiger partial charge in [0.2, 0.25) is 0 Å². The summed E-state index contributed by atoms with van der Waals surface area (Å²) in [5.41, 5.74) is 0.324. The van der Waals surface area contributed by atoms with Crippen molar-refractivity contribution in [1.82, 2.24) is 19.1 Å². The van der Waals surface area contributed by atoms with E-state index in [1.807, 2.05) is 0 Å². The first kappa shape index (κ1) is 22.8. The van der Waals surface area contributed by atoms with E-state index in [1.165, 1.54) is 19.6 Å². The second kappa shape index (κ2) is 12.2. The average Bonchev–Trinajstić information content (AvgIpc) is 3.29. The number of methoxy groups -OCH3 is 1. The van der Waals surface area contributed by atoms with Gasteiger partial charge in [-0.05, 0) is 6.92 Å². The minimum absolute atomic E-state index is 0.0125.